The number of aromatic nitrogens is 3. The minimum Gasteiger partial charge on any atom is -0.481 e. The van der Waals surface area contributed by atoms with Crippen molar-refractivity contribution >= 4 is 14.0 Å². The number of methoxy groups -OCH3 is 1. The Bertz CT molecular complexity index is 807. The number of nitrogens with zero attached hydrogens (tertiary/aromatic N) is 3. The quantitative estimate of drug-likeness (QED) is 0.535. The van der Waals surface area contributed by atoms with Gasteiger partial charge < -0.3 is 14.8 Å². The first-order valence-corrected chi connectivity index (χ1v) is 13.2. The van der Waals surface area contributed by atoms with Gasteiger partial charge in [0.2, 0.25) is 5.88 Å². The molecule has 2 aromatic heterocycles. The molecule has 2 aromatic rings. The molecule has 1 amide bonds. The SMILES string of the molecule is COc1cccc(-c2nn(COCC[Si](C)(C)C)cc2C(=O)NC(C)(C)C)n1. The molecule has 1 N–H and O–H groups in total. The summed E-state index contributed by atoms with van der Waals surface area (Å²) in [6.07, 6.45) is 1.71. The fourth-order valence-electron chi connectivity index (χ4n) is 2.45. The molecule has 0 bridgehead atoms. The van der Waals surface area contributed by atoms with Crippen molar-refractivity contribution < 1.29 is 14.3 Å². The monoisotopic (exact) mass is 404 g/mol. The summed E-state index contributed by atoms with van der Waals surface area (Å²) in [6, 6.07) is 6.48. The summed E-state index contributed by atoms with van der Waals surface area (Å²) >= 11 is 0. The number of hydrogen-bond acceptors (Lipinski definition) is 5. The second-order valence-corrected chi connectivity index (χ2v) is 14.7. The number of ether oxygens (including phenoxy) is 2. The Hall–Kier alpha value is -2.19. The minimum atomic E-state index is -1.15. The van der Waals surface area contributed by atoms with Gasteiger partial charge in [0.1, 0.15) is 12.4 Å². The predicted octanol–water partition coefficient (Wildman–Crippen LogP) is 3.79. The van der Waals surface area contributed by atoms with Crippen LogP contribution in [0.1, 0.15) is 31.1 Å². The summed E-state index contributed by atoms with van der Waals surface area (Å²) in [5.74, 6) is 0.279. The Labute approximate surface area is 168 Å². The van der Waals surface area contributed by atoms with E-state index in [1.54, 1.807) is 24.1 Å². The second kappa shape index (κ2) is 8.87. The molecule has 0 aliphatic carbocycles. The van der Waals surface area contributed by atoms with Crippen LogP contribution in [0.2, 0.25) is 25.7 Å². The van der Waals surface area contributed by atoms with E-state index in [-0.39, 0.29) is 11.4 Å². The van der Waals surface area contributed by atoms with Crippen molar-refractivity contribution in [2.45, 2.75) is 58.7 Å². The van der Waals surface area contributed by atoms with E-state index < -0.39 is 8.07 Å². The summed E-state index contributed by atoms with van der Waals surface area (Å²) in [7, 11) is 0.408. The predicted molar refractivity (Wildman–Crippen MR) is 113 cm³/mol. The van der Waals surface area contributed by atoms with Gasteiger partial charge in [0.25, 0.3) is 5.91 Å². The Morgan fingerprint density at radius 2 is 1.96 bits per heavy atom. The summed E-state index contributed by atoms with van der Waals surface area (Å²) in [5.41, 5.74) is 1.20. The van der Waals surface area contributed by atoms with Gasteiger partial charge in [0, 0.05) is 32.5 Å². The van der Waals surface area contributed by atoms with Crippen LogP contribution in [0.4, 0.5) is 0 Å². The summed E-state index contributed by atoms with van der Waals surface area (Å²) in [6.45, 7) is 13.7. The smallest absolute Gasteiger partial charge is 0.255 e. The van der Waals surface area contributed by atoms with Crippen molar-refractivity contribution in [3.8, 4) is 17.3 Å². The van der Waals surface area contributed by atoms with E-state index in [0.29, 0.717) is 36.2 Å². The maximum absolute atomic E-state index is 12.8. The molecule has 0 aliphatic rings. The number of carbonyl (C=O) groups excluding carboxylic acids is 1. The lowest BCUT2D eigenvalue weighted by Crippen LogP contribution is -2.40. The number of rotatable bonds is 8. The molecule has 0 aliphatic heterocycles. The molecule has 0 saturated heterocycles. The molecule has 0 saturated carbocycles. The van der Waals surface area contributed by atoms with E-state index in [9.17, 15) is 4.79 Å². The number of nitrogens with one attached hydrogen (secondary N) is 1. The third kappa shape index (κ3) is 6.76. The Morgan fingerprint density at radius 1 is 1.25 bits per heavy atom. The second-order valence-electron chi connectivity index (χ2n) is 9.05. The summed E-state index contributed by atoms with van der Waals surface area (Å²) < 4.78 is 12.6. The lowest BCUT2D eigenvalue weighted by molar-refractivity contribution is 0.0785. The molecule has 8 heteroatoms. The highest BCUT2D eigenvalue weighted by molar-refractivity contribution is 6.76. The highest BCUT2D eigenvalue weighted by atomic mass is 28.3. The zero-order valence-corrected chi connectivity index (χ0v) is 19.0. The fourth-order valence-corrected chi connectivity index (χ4v) is 3.20. The summed E-state index contributed by atoms with van der Waals surface area (Å²) in [4.78, 5) is 17.3. The van der Waals surface area contributed by atoms with Crippen LogP contribution in [-0.2, 0) is 11.5 Å². The molecule has 0 spiro atoms. The molecule has 0 aromatic carbocycles. The molecule has 2 rings (SSSR count). The Kier molecular flexibility index (Phi) is 7.00. The third-order valence-electron chi connectivity index (χ3n) is 3.89. The first kappa shape index (κ1) is 22.1. The first-order chi connectivity index (χ1) is 13.0. The lowest BCUT2D eigenvalue weighted by Gasteiger charge is -2.20. The Morgan fingerprint density at radius 3 is 2.57 bits per heavy atom. The van der Waals surface area contributed by atoms with Crippen molar-refractivity contribution in [1.82, 2.24) is 20.1 Å². The van der Waals surface area contributed by atoms with E-state index in [4.69, 9.17) is 9.47 Å². The highest BCUT2D eigenvalue weighted by Gasteiger charge is 2.23. The zero-order valence-electron chi connectivity index (χ0n) is 18.0. The van der Waals surface area contributed by atoms with Crippen LogP contribution in [0.15, 0.2) is 24.4 Å². The van der Waals surface area contributed by atoms with E-state index in [0.717, 1.165) is 6.04 Å². The third-order valence-corrected chi connectivity index (χ3v) is 5.59. The highest BCUT2D eigenvalue weighted by Crippen LogP contribution is 2.23. The number of pyridine rings is 1. The maximum atomic E-state index is 12.8. The lowest BCUT2D eigenvalue weighted by atomic mass is 10.1. The van der Waals surface area contributed by atoms with Crippen LogP contribution in [0, 0.1) is 0 Å². The van der Waals surface area contributed by atoms with Crippen LogP contribution in [0.3, 0.4) is 0 Å². The van der Waals surface area contributed by atoms with Gasteiger partial charge in [-0.2, -0.15) is 5.10 Å². The fraction of sp³-hybridized carbons (Fsp3) is 0.550. The molecule has 28 heavy (non-hydrogen) atoms. The average molecular weight is 405 g/mol. The van der Waals surface area contributed by atoms with Crippen LogP contribution in [0.25, 0.3) is 11.4 Å². The first-order valence-electron chi connectivity index (χ1n) is 9.48. The minimum absolute atomic E-state index is 0.194. The molecule has 7 nitrogen and oxygen atoms in total. The van der Waals surface area contributed by atoms with Crippen LogP contribution >= 0.6 is 0 Å². The maximum Gasteiger partial charge on any atom is 0.255 e. The summed E-state index contributed by atoms with van der Waals surface area (Å²) in [5, 5.41) is 7.55. The van der Waals surface area contributed by atoms with E-state index in [1.165, 1.54) is 0 Å². The van der Waals surface area contributed by atoms with Crippen LogP contribution in [-0.4, -0.2) is 48.0 Å². The van der Waals surface area contributed by atoms with Crippen molar-refractivity contribution in [2.75, 3.05) is 13.7 Å². The number of amides is 1. The van der Waals surface area contributed by atoms with Gasteiger partial charge in [0.05, 0.1) is 18.4 Å². The molecule has 0 unspecified atom stereocenters. The molecule has 0 atom stereocenters. The number of carbonyl (C=O) groups is 1. The van der Waals surface area contributed by atoms with Crippen LogP contribution in [0.5, 0.6) is 5.88 Å². The van der Waals surface area contributed by atoms with Gasteiger partial charge in [-0.25, -0.2) is 9.67 Å². The van der Waals surface area contributed by atoms with Gasteiger partial charge in [-0.05, 0) is 32.9 Å². The van der Waals surface area contributed by atoms with Gasteiger partial charge in [0.15, 0.2) is 0 Å². The normalized spacial score (nSPS) is 12.1. The van der Waals surface area contributed by atoms with E-state index >= 15 is 0 Å². The van der Waals surface area contributed by atoms with E-state index in [2.05, 4.69) is 35.0 Å². The largest absolute Gasteiger partial charge is 0.481 e. The average Bonchev–Trinajstić information content (AvgIpc) is 3.01. The topological polar surface area (TPSA) is 78.3 Å². The van der Waals surface area contributed by atoms with Gasteiger partial charge in [-0.15, -0.1) is 0 Å². The molecular weight excluding hydrogens is 372 g/mol. The van der Waals surface area contributed by atoms with Gasteiger partial charge in [-0.1, -0.05) is 25.7 Å². The van der Waals surface area contributed by atoms with Crippen molar-refractivity contribution in [1.29, 1.82) is 0 Å². The van der Waals surface area contributed by atoms with Crippen molar-refractivity contribution in [3.05, 3.63) is 30.0 Å². The molecule has 0 fully saturated rings. The molecule has 154 valence electrons. The molecule has 2 heterocycles. The number of hydrogen-bond donors (Lipinski definition) is 1. The van der Waals surface area contributed by atoms with E-state index in [1.807, 2.05) is 32.9 Å². The standard InChI is InChI=1S/C20H32N4O3Si/c1-20(2,3)22-19(25)15-13-24(14-27-11-12-28(5,6)7)23-18(15)16-9-8-10-17(21-16)26-4/h8-10,13H,11-12,14H2,1-7H3,(H,22,25). The van der Waals surface area contributed by atoms with Crippen molar-refractivity contribution in [2.24, 2.45) is 0 Å². The van der Waals surface area contributed by atoms with Gasteiger partial charge in [-0.3, -0.25) is 4.79 Å². The van der Waals surface area contributed by atoms with Crippen molar-refractivity contribution in [3.63, 3.8) is 0 Å². The zero-order chi connectivity index (χ0) is 20.9. The molecular formula is C20H32N4O3Si. The van der Waals surface area contributed by atoms with Crippen LogP contribution < -0.4 is 10.1 Å². The van der Waals surface area contributed by atoms with Gasteiger partial charge >= 0.3 is 0 Å². The molecule has 0 radical (unpaired) electrons. The Balaban J connectivity index is 2.27.